The number of carbonyl (C=O) groups excluding carboxylic acids is 3. The summed E-state index contributed by atoms with van der Waals surface area (Å²) in [6.07, 6.45) is 2.81. The highest BCUT2D eigenvalue weighted by Crippen LogP contribution is 2.21. The topological polar surface area (TPSA) is 87.5 Å². The lowest BCUT2D eigenvalue weighted by Gasteiger charge is -2.13. The number of ether oxygens (including phenoxy) is 1. The summed E-state index contributed by atoms with van der Waals surface area (Å²) in [5.41, 5.74) is 2.01. The van der Waals surface area contributed by atoms with Crippen LogP contribution in [-0.4, -0.2) is 35.8 Å². The first kappa shape index (κ1) is 17.1. The van der Waals surface area contributed by atoms with Crippen LogP contribution in [-0.2, 0) is 9.53 Å². The summed E-state index contributed by atoms with van der Waals surface area (Å²) in [5.74, 6) is -1.34. The van der Waals surface area contributed by atoms with Crippen molar-refractivity contribution >= 4 is 23.9 Å². The van der Waals surface area contributed by atoms with Crippen LogP contribution in [0.2, 0.25) is 0 Å². The first-order chi connectivity index (χ1) is 12.6. The number of carbonyl (C=O) groups is 3. The fraction of sp³-hybridized carbons (Fsp3) is 0.100. The van der Waals surface area contributed by atoms with Gasteiger partial charge in [0.1, 0.15) is 6.61 Å². The van der Waals surface area contributed by atoms with Gasteiger partial charge in [-0.2, -0.15) is 5.26 Å². The molecule has 0 saturated heterocycles. The van der Waals surface area contributed by atoms with Crippen molar-refractivity contribution in [2.75, 3.05) is 13.2 Å². The summed E-state index contributed by atoms with van der Waals surface area (Å²) in [6.45, 7) is -0.0786. The maximum atomic E-state index is 12.2. The van der Waals surface area contributed by atoms with Gasteiger partial charge in [-0.25, -0.2) is 4.79 Å². The maximum Gasteiger partial charge on any atom is 0.330 e. The SMILES string of the molecule is N#Cc1ccc(/C=C/C(=O)OCCN2C(=O)c3ccccc3C2=O)cc1. The summed E-state index contributed by atoms with van der Waals surface area (Å²) in [5, 5.41) is 8.73. The highest BCUT2D eigenvalue weighted by atomic mass is 16.5. The molecule has 0 saturated carbocycles. The molecule has 26 heavy (non-hydrogen) atoms. The Balaban J connectivity index is 1.51. The van der Waals surface area contributed by atoms with Crippen LogP contribution >= 0.6 is 0 Å². The van der Waals surface area contributed by atoms with Gasteiger partial charge in [-0.05, 0) is 35.9 Å². The molecule has 0 radical (unpaired) electrons. The summed E-state index contributed by atoms with van der Waals surface area (Å²) in [6, 6.07) is 15.3. The fourth-order valence-electron chi connectivity index (χ4n) is 2.56. The third-order valence-electron chi connectivity index (χ3n) is 3.89. The van der Waals surface area contributed by atoms with Gasteiger partial charge in [-0.3, -0.25) is 14.5 Å². The van der Waals surface area contributed by atoms with Crippen molar-refractivity contribution in [3.05, 3.63) is 76.9 Å². The zero-order valence-corrected chi connectivity index (χ0v) is 13.7. The van der Waals surface area contributed by atoms with Gasteiger partial charge in [0.05, 0.1) is 29.3 Å². The average molecular weight is 346 g/mol. The van der Waals surface area contributed by atoms with E-state index < -0.39 is 5.97 Å². The second-order valence-corrected chi connectivity index (χ2v) is 5.54. The normalized spacial score (nSPS) is 13.0. The van der Waals surface area contributed by atoms with Crippen LogP contribution in [0, 0.1) is 11.3 Å². The zero-order chi connectivity index (χ0) is 18.5. The number of esters is 1. The van der Waals surface area contributed by atoms with Gasteiger partial charge in [0.25, 0.3) is 11.8 Å². The summed E-state index contributed by atoms with van der Waals surface area (Å²) in [4.78, 5) is 37.2. The van der Waals surface area contributed by atoms with Gasteiger partial charge < -0.3 is 4.74 Å². The Bertz CT molecular complexity index is 904. The monoisotopic (exact) mass is 346 g/mol. The van der Waals surface area contributed by atoms with Gasteiger partial charge in [-0.1, -0.05) is 24.3 Å². The number of fused-ring (bicyclic) bond motifs is 1. The molecule has 0 aromatic heterocycles. The molecule has 128 valence electrons. The second-order valence-electron chi connectivity index (χ2n) is 5.54. The molecule has 0 spiro atoms. The first-order valence-corrected chi connectivity index (χ1v) is 7.90. The number of nitrogens with zero attached hydrogens (tertiary/aromatic N) is 2. The predicted octanol–water partition coefficient (Wildman–Crippen LogP) is 2.41. The smallest absolute Gasteiger partial charge is 0.330 e. The number of hydrogen-bond acceptors (Lipinski definition) is 5. The lowest BCUT2D eigenvalue weighted by atomic mass is 10.1. The Morgan fingerprint density at radius 1 is 1.04 bits per heavy atom. The molecule has 1 aliphatic rings. The number of amides is 2. The average Bonchev–Trinajstić information content (AvgIpc) is 2.92. The van der Waals surface area contributed by atoms with Crippen molar-refractivity contribution < 1.29 is 19.1 Å². The second kappa shape index (κ2) is 7.45. The third kappa shape index (κ3) is 3.52. The molecule has 0 atom stereocenters. The molecular formula is C20H14N2O4. The molecule has 0 unspecified atom stereocenters. The number of imide groups is 1. The molecule has 0 N–H and O–H groups in total. The molecule has 2 amide bonds. The lowest BCUT2D eigenvalue weighted by molar-refractivity contribution is -0.137. The zero-order valence-electron chi connectivity index (χ0n) is 13.7. The van der Waals surface area contributed by atoms with E-state index in [4.69, 9.17) is 10.00 Å². The molecule has 1 heterocycles. The Morgan fingerprint density at radius 2 is 1.65 bits per heavy atom. The van der Waals surface area contributed by atoms with E-state index in [1.807, 2.05) is 6.07 Å². The van der Waals surface area contributed by atoms with Crippen LogP contribution in [0.15, 0.2) is 54.6 Å². The molecule has 2 aromatic rings. The van der Waals surface area contributed by atoms with Gasteiger partial charge in [0, 0.05) is 6.08 Å². The van der Waals surface area contributed by atoms with Gasteiger partial charge in [0.2, 0.25) is 0 Å². The largest absolute Gasteiger partial charge is 0.461 e. The van der Waals surface area contributed by atoms with Crippen LogP contribution < -0.4 is 0 Å². The van der Waals surface area contributed by atoms with E-state index in [0.717, 1.165) is 10.5 Å². The minimum Gasteiger partial charge on any atom is -0.461 e. The van der Waals surface area contributed by atoms with Crippen LogP contribution in [0.4, 0.5) is 0 Å². The minimum absolute atomic E-state index is 0.00277. The Kier molecular flexibility index (Phi) is 4.90. The Labute approximate surface area is 149 Å². The van der Waals surface area contributed by atoms with Crippen molar-refractivity contribution in [1.29, 1.82) is 5.26 Å². The van der Waals surface area contributed by atoms with E-state index in [0.29, 0.717) is 16.7 Å². The van der Waals surface area contributed by atoms with E-state index in [1.165, 1.54) is 6.08 Å². The molecule has 0 aliphatic carbocycles. The molecule has 6 heteroatoms. The predicted molar refractivity (Wildman–Crippen MR) is 93.0 cm³/mol. The molecule has 3 rings (SSSR count). The van der Waals surface area contributed by atoms with Gasteiger partial charge in [0.15, 0.2) is 0 Å². The van der Waals surface area contributed by atoms with E-state index in [2.05, 4.69) is 0 Å². The maximum absolute atomic E-state index is 12.2. The number of nitriles is 1. The number of hydrogen-bond donors (Lipinski definition) is 0. The van der Waals surface area contributed by atoms with Crippen molar-refractivity contribution in [2.24, 2.45) is 0 Å². The van der Waals surface area contributed by atoms with Crippen molar-refractivity contribution in [3.63, 3.8) is 0 Å². The number of rotatable bonds is 5. The molecule has 6 nitrogen and oxygen atoms in total. The summed E-state index contributed by atoms with van der Waals surface area (Å²) in [7, 11) is 0. The van der Waals surface area contributed by atoms with Crippen molar-refractivity contribution in [3.8, 4) is 6.07 Å². The van der Waals surface area contributed by atoms with E-state index in [1.54, 1.807) is 54.6 Å². The van der Waals surface area contributed by atoms with E-state index in [9.17, 15) is 14.4 Å². The van der Waals surface area contributed by atoms with E-state index >= 15 is 0 Å². The van der Waals surface area contributed by atoms with Crippen molar-refractivity contribution in [2.45, 2.75) is 0 Å². The Hall–Kier alpha value is -3.72. The summed E-state index contributed by atoms with van der Waals surface area (Å²) < 4.78 is 5.04. The summed E-state index contributed by atoms with van der Waals surface area (Å²) >= 11 is 0. The number of benzene rings is 2. The van der Waals surface area contributed by atoms with Gasteiger partial charge >= 0.3 is 5.97 Å². The van der Waals surface area contributed by atoms with Crippen LogP contribution in [0.1, 0.15) is 31.8 Å². The lowest BCUT2D eigenvalue weighted by Crippen LogP contribution is -2.33. The quantitative estimate of drug-likeness (QED) is 0.471. The highest BCUT2D eigenvalue weighted by molar-refractivity contribution is 6.21. The van der Waals surface area contributed by atoms with Gasteiger partial charge in [-0.15, -0.1) is 0 Å². The molecule has 2 aromatic carbocycles. The minimum atomic E-state index is -0.578. The van der Waals surface area contributed by atoms with Crippen LogP contribution in [0.3, 0.4) is 0 Å². The standard InChI is InChI=1S/C20H14N2O4/c21-13-15-7-5-14(6-8-15)9-10-18(23)26-12-11-22-19(24)16-3-1-2-4-17(16)20(22)25/h1-10H,11-12H2/b10-9+. The van der Waals surface area contributed by atoms with Crippen molar-refractivity contribution in [1.82, 2.24) is 4.90 Å². The first-order valence-electron chi connectivity index (χ1n) is 7.90. The van der Waals surface area contributed by atoms with Crippen LogP contribution in [0.5, 0.6) is 0 Å². The Morgan fingerprint density at radius 3 is 2.23 bits per heavy atom. The van der Waals surface area contributed by atoms with Crippen LogP contribution in [0.25, 0.3) is 6.08 Å². The fourth-order valence-corrected chi connectivity index (χ4v) is 2.56. The third-order valence-corrected chi connectivity index (χ3v) is 3.89. The molecular weight excluding hydrogens is 332 g/mol. The molecule has 0 bridgehead atoms. The molecule has 1 aliphatic heterocycles. The molecule has 0 fully saturated rings. The van der Waals surface area contributed by atoms with E-state index in [-0.39, 0.29) is 25.0 Å². The highest BCUT2D eigenvalue weighted by Gasteiger charge is 2.34.